The van der Waals surface area contributed by atoms with Gasteiger partial charge in [0.25, 0.3) is 0 Å². The molecule has 0 saturated heterocycles. The zero-order valence-electron chi connectivity index (χ0n) is 8.21. The highest BCUT2D eigenvalue weighted by Gasteiger charge is 2.46. The third-order valence-corrected chi connectivity index (χ3v) is 3.04. The Kier molecular flexibility index (Phi) is 2.06. The monoisotopic (exact) mass is 184 g/mol. The van der Waals surface area contributed by atoms with E-state index in [1.807, 2.05) is 0 Å². The first-order valence-electron chi connectivity index (χ1n) is 4.93. The minimum absolute atomic E-state index is 0.132. The van der Waals surface area contributed by atoms with E-state index < -0.39 is 0 Å². The van der Waals surface area contributed by atoms with Crippen molar-refractivity contribution in [3.8, 4) is 0 Å². The highest BCUT2D eigenvalue weighted by Crippen LogP contribution is 2.51. The molecular formula is C10H16O3. The molecule has 1 atom stereocenters. The lowest BCUT2D eigenvalue weighted by molar-refractivity contribution is -0.276. The van der Waals surface area contributed by atoms with E-state index in [4.69, 9.17) is 4.89 Å². The van der Waals surface area contributed by atoms with Gasteiger partial charge < -0.3 is 0 Å². The van der Waals surface area contributed by atoms with Crippen LogP contribution < -0.4 is 0 Å². The third-order valence-electron chi connectivity index (χ3n) is 3.04. The maximum absolute atomic E-state index is 11.0. The average Bonchev–Trinajstić information content (AvgIpc) is 2.88. The van der Waals surface area contributed by atoms with Crippen molar-refractivity contribution < 1.29 is 14.6 Å². The van der Waals surface area contributed by atoms with Crippen LogP contribution in [-0.2, 0) is 14.6 Å². The van der Waals surface area contributed by atoms with Crippen molar-refractivity contribution in [2.45, 2.75) is 33.1 Å². The van der Waals surface area contributed by atoms with Crippen LogP contribution in [-0.4, -0.2) is 12.6 Å². The maximum atomic E-state index is 11.0. The first-order chi connectivity index (χ1) is 6.09. The number of hydrogen-bond donors (Lipinski definition) is 0. The van der Waals surface area contributed by atoms with Crippen molar-refractivity contribution in [1.82, 2.24) is 0 Å². The van der Waals surface area contributed by atoms with E-state index in [-0.39, 0.29) is 11.9 Å². The predicted molar refractivity (Wildman–Crippen MR) is 46.7 cm³/mol. The normalized spacial score (nSPS) is 29.8. The number of hydrogen-bond acceptors (Lipinski definition) is 3. The summed E-state index contributed by atoms with van der Waals surface area (Å²) in [6.45, 7) is 4.96. The van der Waals surface area contributed by atoms with Crippen molar-refractivity contribution in [2.75, 3.05) is 6.61 Å². The smallest absolute Gasteiger partial charge is 0.298 e. The molecule has 0 aromatic heterocycles. The lowest BCUT2D eigenvalue weighted by atomic mass is 10.1. The molecule has 0 N–H and O–H groups in total. The summed E-state index contributed by atoms with van der Waals surface area (Å²) in [5.74, 6) is 0.519. The fraction of sp³-hybridized carbons (Fsp3) is 0.900. The highest BCUT2D eigenvalue weighted by atomic mass is 17.2. The number of rotatable bonds is 4. The van der Waals surface area contributed by atoms with Crippen LogP contribution >= 0.6 is 0 Å². The van der Waals surface area contributed by atoms with Crippen LogP contribution in [0.5, 0.6) is 0 Å². The largest absolute Gasteiger partial charge is 0.345 e. The molecule has 3 nitrogen and oxygen atoms in total. The predicted octanol–water partition coefficient (Wildman–Crippen LogP) is 1.92. The van der Waals surface area contributed by atoms with Crippen molar-refractivity contribution in [3.05, 3.63) is 0 Å². The van der Waals surface area contributed by atoms with Gasteiger partial charge in [0.05, 0.1) is 12.5 Å². The molecule has 74 valence electrons. The zero-order valence-corrected chi connectivity index (χ0v) is 8.21. The SMILES string of the molecule is CC1(C)CC1COOC(=O)C1CC1. The van der Waals surface area contributed by atoms with E-state index in [2.05, 4.69) is 18.7 Å². The summed E-state index contributed by atoms with van der Waals surface area (Å²) in [4.78, 5) is 20.6. The van der Waals surface area contributed by atoms with Crippen molar-refractivity contribution in [3.63, 3.8) is 0 Å². The van der Waals surface area contributed by atoms with Crippen LogP contribution in [0.4, 0.5) is 0 Å². The summed E-state index contributed by atoms with van der Waals surface area (Å²) in [6, 6.07) is 0. The van der Waals surface area contributed by atoms with E-state index in [1.165, 1.54) is 6.42 Å². The highest BCUT2D eigenvalue weighted by molar-refractivity contribution is 5.74. The van der Waals surface area contributed by atoms with Gasteiger partial charge in [-0.15, -0.1) is 0 Å². The van der Waals surface area contributed by atoms with Gasteiger partial charge in [-0.1, -0.05) is 13.8 Å². The molecule has 0 aliphatic heterocycles. The molecule has 2 saturated carbocycles. The van der Waals surface area contributed by atoms with Crippen LogP contribution in [0.1, 0.15) is 33.1 Å². The molecule has 2 aliphatic rings. The van der Waals surface area contributed by atoms with Gasteiger partial charge in [-0.3, -0.25) is 4.89 Å². The van der Waals surface area contributed by atoms with E-state index in [1.54, 1.807) is 0 Å². The molecule has 2 aliphatic carbocycles. The van der Waals surface area contributed by atoms with Gasteiger partial charge in [0.1, 0.15) is 0 Å². The quantitative estimate of drug-likeness (QED) is 0.494. The van der Waals surface area contributed by atoms with Crippen molar-refractivity contribution in [2.24, 2.45) is 17.3 Å². The Bertz CT molecular complexity index is 218. The van der Waals surface area contributed by atoms with Crippen molar-refractivity contribution in [1.29, 1.82) is 0 Å². The summed E-state index contributed by atoms with van der Waals surface area (Å²) < 4.78 is 0. The Hall–Kier alpha value is -0.570. The molecule has 13 heavy (non-hydrogen) atoms. The van der Waals surface area contributed by atoms with E-state index >= 15 is 0 Å². The van der Waals surface area contributed by atoms with E-state index in [0.29, 0.717) is 17.9 Å². The van der Waals surface area contributed by atoms with Crippen LogP contribution in [0, 0.1) is 17.3 Å². The summed E-state index contributed by atoms with van der Waals surface area (Å²) in [5, 5.41) is 0. The molecule has 0 aromatic carbocycles. The number of carbonyl (C=O) groups excluding carboxylic acids is 1. The van der Waals surface area contributed by atoms with Gasteiger partial charge in [0, 0.05) is 0 Å². The molecule has 0 aromatic rings. The van der Waals surface area contributed by atoms with E-state index in [9.17, 15) is 4.79 Å². The second-order valence-electron chi connectivity index (χ2n) is 4.85. The molecule has 0 bridgehead atoms. The first kappa shape index (κ1) is 9.00. The fourth-order valence-electron chi connectivity index (χ4n) is 1.42. The van der Waals surface area contributed by atoms with Gasteiger partial charge in [-0.2, -0.15) is 4.89 Å². The summed E-state index contributed by atoms with van der Waals surface area (Å²) in [7, 11) is 0. The van der Waals surface area contributed by atoms with Crippen LogP contribution in [0.2, 0.25) is 0 Å². The summed E-state index contributed by atoms with van der Waals surface area (Å²) in [6.07, 6.45) is 3.11. The molecule has 0 spiro atoms. The first-order valence-corrected chi connectivity index (χ1v) is 4.93. The van der Waals surface area contributed by atoms with Gasteiger partial charge in [0.15, 0.2) is 0 Å². The molecule has 1 unspecified atom stereocenters. The van der Waals surface area contributed by atoms with E-state index in [0.717, 1.165) is 12.8 Å². The lowest BCUT2D eigenvalue weighted by Crippen LogP contribution is -2.10. The molecule has 3 heteroatoms. The minimum atomic E-state index is -0.182. The molecule has 0 radical (unpaired) electrons. The van der Waals surface area contributed by atoms with Gasteiger partial charge >= 0.3 is 5.97 Å². The average molecular weight is 184 g/mol. The standard InChI is InChI=1S/C10H16O3/c1-10(2)5-8(10)6-12-13-9(11)7-3-4-7/h7-8H,3-6H2,1-2H3. The third kappa shape index (κ3) is 2.21. The Morgan fingerprint density at radius 1 is 1.46 bits per heavy atom. The summed E-state index contributed by atoms with van der Waals surface area (Å²) in [5.41, 5.74) is 0.395. The molecule has 2 fully saturated rings. The second kappa shape index (κ2) is 2.98. The minimum Gasteiger partial charge on any atom is -0.298 e. The molecule has 0 amide bonds. The Morgan fingerprint density at radius 2 is 2.08 bits per heavy atom. The maximum Gasteiger partial charge on any atom is 0.345 e. The zero-order chi connectivity index (χ0) is 9.47. The fourth-order valence-corrected chi connectivity index (χ4v) is 1.42. The molecule has 0 heterocycles. The molecular weight excluding hydrogens is 168 g/mol. The lowest BCUT2D eigenvalue weighted by Gasteiger charge is -2.03. The van der Waals surface area contributed by atoms with Crippen molar-refractivity contribution >= 4 is 5.97 Å². The summed E-state index contributed by atoms with van der Waals surface area (Å²) >= 11 is 0. The molecule has 2 rings (SSSR count). The van der Waals surface area contributed by atoms with Crippen LogP contribution in [0.3, 0.4) is 0 Å². The second-order valence-corrected chi connectivity index (χ2v) is 4.85. The Balaban J connectivity index is 1.56. The number of carbonyl (C=O) groups is 1. The van der Waals surface area contributed by atoms with Gasteiger partial charge in [-0.05, 0) is 30.6 Å². The van der Waals surface area contributed by atoms with Crippen LogP contribution in [0.15, 0.2) is 0 Å². The topological polar surface area (TPSA) is 35.5 Å². The van der Waals surface area contributed by atoms with Crippen LogP contribution in [0.25, 0.3) is 0 Å². The Morgan fingerprint density at radius 3 is 2.54 bits per heavy atom. The Labute approximate surface area is 78.3 Å². The van der Waals surface area contributed by atoms with Gasteiger partial charge in [-0.25, -0.2) is 4.79 Å². The van der Waals surface area contributed by atoms with Gasteiger partial charge in [0.2, 0.25) is 0 Å².